The first-order valence-electron chi connectivity index (χ1n) is 7.51. The fourth-order valence-electron chi connectivity index (χ4n) is 2.75. The normalized spacial score (nSPS) is 16.0. The van der Waals surface area contributed by atoms with Gasteiger partial charge in [0.15, 0.2) is 0 Å². The minimum atomic E-state index is 0.0368. The maximum absolute atomic E-state index is 12.8. The molecule has 1 amide bonds. The van der Waals surface area contributed by atoms with E-state index in [1.54, 1.807) is 10.9 Å². The van der Waals surface area contributed by atoms with E-state index in [0.717, 1.165) is 18.8 Å². The summed E-state index contributed by atoms with van der Waals surface area (Å²) in [5.41, 5.74) is 1.47. The molecule has 0 atom stereocenters. The van der Waals surface area contributed by atoms with Crippen LogP contribution in [-0.2, 0) is 0 Å². The Labute approximate surface area is 129 Å². The second-order valence-electron chi connectivity index (χ2n) is 5.33. The maximum atomic E-state index is 12.8. The Bertz CT molecular complexity index is 619. The van der Waals surface area contributed by atoms with Crippen LogP contribution in [0.15, 0.2) is 42.7 Å². The van der Waals surface area contributed by atoms with Crippen molar-refractivity contribution in [3.8, 4) is 5.69 Å². The van der Waals surface area contributed by atoms with E-state index < -0.39 is 0 Å². The van der Waals surface area contributed by atoms with Crippen LogP contribution in [0.5, 0.6) is 0 Å². The molecule has 3 rings (SSSR count). The Hall–Kier alpha value is -2.18. The van der Waals surface area contributed by atoms with Gasteiger partial charge in [-0.15, -0.1) is 0 Å². The minimum Gasteiger partial charge on any atom is -0.395 e. The smallest absolute Gasteiger partial charge is 0.256 e. The molecule has 0 unspecified atom stereocenters. The highest BCUT2D eigenvalue weighted by atomic mass is 16.3. The molecule has 2 aromatic rings. The molecule has 1 aromatic carbocycles. The first-order chi connectivity index (χ1) is 10.8. The average molecular weight is 300 g/mol. The number of β-amino-alcohol motifs (C(OH)–C–C–N with tert-alkyl or cyclic N) is 1. The molecule has 0 aliphatic carbocycles. The van der Waals surface area contributed by atoms with Gasteiger partial charge >= 0.3 is 0 Å². The number of aliphatic hydroxyl groups excluding tert-OH is 1. The quantitative estimate of drug-likeness (QED) is 0.899. The lowest BCUT2D eigenvalue weighted by atomic mass is 10.1. The van der Waals surface area contributed by atoms with Crippen molar-refractivity contribution < 1.29 is 9.90 Å². The predicted octanol–water partition coefficient (Wildman–Crippen LogP) is 0.622. The highest BCUT2D eigenvalue weighted by Gasteiger charge is 2.23. The number of amides is 1. The van der Waals surface area contributed by atoms with Crippen molar-refractivity contribution in [1.29, 1.82) is 0 Å². The lowest BCUT2D eigenvalue weighted by Crippen LogP contribution is -2.49. The van der Waals surface area contributed by atoms with Gasteiger partial charge in [-0.1, -0.05) is 12.1 Å². The maximum Gasteiger partial charge on any atom is 0.256 e. The molecule has 0 radical (unpaired) electrons. The fraction of sp³-hybridized carbons (Fsp3) is 0.375. The van der Waals surface area contributed by atoms with E-state index in [0.29, 0.717) is 25.2 Å². The molecule has 1 aromatic heterocycles. The SMILES string of the molecule is O=C(c1ccccc1-n1cccn1)N1CCN(CCO)CC1. The van der Waals surface area contributed by atoms with Crippen molar-refractivity contribution in [2.75, 3.05) is 39.3 Å². The standard InChI is InChI=1S/C16H20N4O2/c21-13-12-18-8-10-19(11-9-18)16(22)14-4-1-2-5-15(14)20-7-3-6-17-20/h1-7,21H,8-13H2. The van der Waals surface area contributed by atoms with Crippen LogP contribution in [-0.4, -0.2) is 69.9 Å². The number of carbonyl (C=O) groups excluding carboxylic acids is 1. The van der Waals surface area contributed by atoms with E-state index >= 15 is 0 Å². The molecule has 22 heavy (non-hydrogen) atoms. The van der Waals surface area contributed by atoms with E-state index in [2.05, 4.69) is 10.00 Å². The van der Waals surface area contributed by atoms with Gasteiger partial charge in [0.25, 0.3) is 5.91 Å². The second kappa shape index (κ2) is 6.72. The molecule has 1 aliphatic heterocycles. The van der Waals surface area contributed by atoms with Crippen LogP contribution < -0.4 is 0 Å². The monoisotopic (exact) mass is 300 g/mol. The summed E-state index contributed by atoms with van der Waals surface area (Å²) in [6.45, 7) is 3.81. The van der Waals surface area contributed by atoms with Crippen LogP contribution in [0.2, 0.25) is 0 Å². The highest BCUT2D eigenvalue weighted by molar-refractivity contribution is 5.97. The Morgan fingerprint density at radius 2 is 1.91 bits per heavy atom. The molecular formula is C16H20N4O2. The third-order valence-corrected chi connectivity index (χ3v) is 3.96. The molecule has 2 heterocycles. The summed E-state index contributed by atoms with van der Waals surface area (Å²) >= 11 is 0. The molecule has 0 bridgehead atoms. The van der Waals surface area contributed by atoms with Gasteiger partial charge in [0.2, 0.25) is 0 Å². The van der Waals surface area contributed by atoms with Gasteiger partial charge in [0, 0.05) is 45.1 Å². The molecule has 1 fully saturated rings. The van der Waals surface area contributed by atoms with Gasteiger partial charge in [-0.25, -0.2) is 4.68 Å². The summed E-state index contributed by atoms with van der Waals surface area (Å²) in [4.78, 5) is 16.8. The first kappa shape index (κ1) is 14.7. The van der Waals surface area contributed by atoms with Gasteiger partial charge in [0.05, 0.1) is 17.9 Å². The summed E-state index contributed by atoms with van der Waals surface area (Å²) < 4.78 is 1.72. The molecule has 1 N–H and O–H groups in total. The third kappa shape index (κ3) is 3.03. The largest absolute Gasteiger partial charge is 0.395 e. The predicted molar refractivity (Wildman–Crippen MR) is 83.0 cm³/mol. The van der Waals surface area contributed by atoms with Gasteiger partial charge in [-0.3, -0.25) is 9.69 Å². The van der Waals surface area contributed by atoms with Gasteiger partial charge in [0.1, 0.15) is 0 Å². The molecule has 1 saturated heterocycles. The number of hydrogen-bond donors (Lipinski definition) is 1. The van der Waals surface area contributed by atoms with Crippen LogP contribution in [0.4, 0.5) is 0 Å². The summed E-state index contributed by atoms with van der Waals surface area (Å²) in [6, 6.07) is 9.38. The van der Waals surface area contributed by atoms with Crippen LogP contribution in [0, 0.1) is 0 Å². The molecule has 6 nitrogen and oxygen atoms in total. The summed E-state index contributed by atoms with van der Waals surface area (Å²) in [6.07, 6.45) is 3.54. The van der Waals surface area contributed by atoms with Gasteiger partial charge < -0.3 is 10.0 Å². The Balaban J connectivity index is 1.76. The number of benzene rings is 1. The third-order valence-electron chi connectivity index (χ3n) is 3.96. The average Bonchev–Trinajstić information content (AvgIpc) is 3.10. The van der Waals surface area contributed by atoms with Crippen LogP contribution in [0.3, 0.4) is 0 Å². The van der Waals surface area contributed by atoms with E-state index in [4.69, 9.17) is 5.11 Å². The van der Waals surface area contributed by atoms with E-state index in [1.807, 2.05) is 41.4 Å². The number of rotatable bonds is 4. The molecule has 1 aliphatic rings. The van der Waals surface area contributed by atoms with E-state index in [9.17, 15) is 4.79 Å². The first-order valence-corrected chi connectivity index (χ1v) is 7.51. The zero-order chi connectivity index (χ0) is 15.4. The molecular weight excluding hydrogens is 280 g/mol. The topological polar surface area (TPSA) is 61.6 Å². The van der Waals surface area contributed by atoms with Gasteiger partial charge in [-0.2, -0.15) is 5.10 Å². The van der Waals surface area contributed by atoms with Crippen molar-refractivity contribution in [2.24, 2.45) is 0 Å². The number of aromatic nitrogens is 2. The molecule has 116 valence electrons. The van der Waals surface area contributed by atoms with Crippen LogP contribution in [0.25, 0.3) is 5.69 Å². The van der Waals surface area contributed by atoms with Crippen molar-refractivity contribution in [2.45, 2.75) is 0 Å². The fourth-order valence-corrected chi connectivity index (χ4v) is 2.75. The molecule has 0 saturated carbocycles. The van der Waals surface area contributed by atoms with E-state index in [-0.39, 0.29) is 12.5 Å². The number of carbonyl (C=O) groups is 1. The van der Waals surface area contributed by atoms with Crippen molar-refractivity contribution in [1.82, 2.24) is 19.6 Å². The molecule has 0 spiro atoms. The summed E-state index contributed by atoms with van der Waals surface area (Å²) in [7, 11) is 0. The summed E-state index contributed by atoms with van der Waals surface area (Å²) in [5.74, 6) is 0.0368. The lowest BCUT2D eigenvalue weighted by Gasteiger charge is -2.34. The highest BCUT2D eigenvalue weighted by Crippen LogP contribution is 2.17. The van der Waals surface area contributed by atoms with Crippen molar-refractivity contribution >= 4 is 5.91 Å². The zero-order valence-corrected chi connectivity index (χ0v) is 12.4. The van der Waals surface area contributed by atoms with Crippen molar-refractivity contribution in [3.63, 3.8) is 0 Å². The number of hydrogen-bond acceptors (Lipinski definition) is 4. The number of nitrogens with zero attached hydrogens (tertiary/aromatic N) is 4. The number of piperazine rings is 1. The minimum absolute atomic E-state index is 0.0368. The Kier molecular flexibility index (Phi) is 4.50. The second-order valence-corrected chi connectivity index (χ2v) is 5.33. The van der Waals surface area contributed by atoms with Crippen LogP contribution >= 0.6 is 0 Å². The van der Waals surface area contributed by atoms with E-state index in [1.165, 1.54) is 0 Å². The Morgan fingerprint density at radius 1 is 1.14 bits per heavy atom. The Morgan fingerprint density at radius 3 is 2.59 bits per heavy atom. The number of para-hydroxylation sites is 1. The lowest BCUT2D eigenvalue weighted by molar-refractivity contribution is 0.0615. The van der Waals surface area contributed by atoms with Crippen LogP contribution in [0.1, 0.15) is 10.4 Å². The summed E-state index contributed by atoms with van der Waals surface area (Å²) in [5, 5.41) is 13.2. The number of aliphatic hydroxyl groups is 1. The molecule has 6 heteroatoms. The van der Waals surface area contributed by atoms with Crippen molar-refractivity contribution in [3.05, 3.63) is 48.3 Å². The zero-order valence-electron chi connectivity index (χ0n) is 12.4. The van der Waals surface area contributed by atoms with Gasteiger partial charge in [-0.05, 0) is 18.2 Å².